The highest BCUT2D eigenvalue weighted by Gasteiger charge is 2.25. The molecule has 2 aromatic heterocycles. The zero-order valence-electron chi connectivity index (χ0n) is 15.3. The van der Waals surface area contributed by atoms with E-state index in [2.05, 4.69) is 4.98 Å². The minimum atomic E-state index is -0.819. The maximum Gasteiger partial charge on any atom is 0.303 e. The van der Waals surface area contributed by atoms with E-state index in [1.807, 2.05) is 18.2 Å². The molecule has 1 aromatic carbocycles. The minimum absolute atomic E-state index is 0.107. The fraction of sp³-hybridized carbons (Fsp3) is 0.400. The Hall–Kier alpha value is -3.16. The van der Waals surface area contributed by atoms with Gasteiger partial charge in [-0.05, 0) is 37.3 Å². The lowest BCUT2D eigenvalue weighted by Gasteiger charge is -2.32. The molecular formula is C20H21N3O5. The average molecular weight is 383 g/mol. The number of benzene rings is 1. The Labute approximate surface area is 160 Å². The summed E-state index contributed by atoms with van der Waals surface area (Å²) in [7, 11) is 0. The average Bonchev–Trinajstić information content (AvgIpc) is 3.08. The summed E-state index contributed by atoms with van der Waals surface area (Å²) in [5, 5.41) is 9.62. The summed E-state index contributed by atoms with van der Waals surface area (Å²) in [5.74, 6) is -0.805. The monoisotopic (exact) mass is 383 g/mol. The van der Waals surface area contributed by atoms with Gasteiger partial charge in [0.05, 0.1) is 6.33 Å². The molecule has 1 unspecified atom stereocenters. The van der Waals surface area contributed by atoms with Gasteiger partial charge in [-0.25, -0.2) is 4.98 Å². The summed E-state index contributed by atoms with van der Waals surface area (Å²) in [4.78, 5) is 42.3. The van der Waals surface area contributed by atoms with Crippen LogP contribution >= 0.6 is 0 Å². The van der Waals surface area contributed by atoms with Crippen LogP contribution in [0.5, 0.6) is 0 Å². The summed E-state index contributed by atoms with van der Waals surface area (Å²) in [5.41, 5.74) is 0.850. The molecule has 0 radical (unpaired) electrons. The third-order valence-corrected chi connectivity index (χ3v) is 5.29. The minimum Gasteiger partial charge on any atom is -0.481 e. The molecule has 8 nitrogen and oxygen atoms in total. The number of hydrogen-bond acceptors (Lipinski definition) is 5. The van der Waals surface area contributed by atoms with Crippen molar-refractivity contribution in [3.8, 4) is 0 Å². The highest BCUT2D eigenvalue weighted by molar-refractivity contribution is 6.01. The predicted octanol–water partition coefficient (Wildman–Crippen LogP) is 2.25. The van der Waals surface area contributed by atoms with Crippen molar-refractivity contribution in [3.05, 3.63) is 40.9 Å². The molecule has 0 saturated carbocycles. The van der Waals surface area contributed by atoms with E-state index in [4.69, 9.17) is 9.52 Å². The summed E-state index contributed by atoms with van der Waals surface area (Å²) < 4.78 is 6.92. The van der Waals surface area contributed by atoms with Crippen molar-refractivity contribution in [2.75, 3.05) is 13.1 Å². The molecule has 0 aliphatic carbocycles. The van der Waals surface area contributed by atoms with E-state index in [1.54, 1.807) is 11.0 Å². The van der Waals surface area contributed by atoms with E-state index in [1.165, 1.54) is 10.9 Å². The van der Waals surface area contributed by atoms with Crippen LogP contribution in [0.2, 0.25) is 0 Å². The Kier molecular flexibility index (Phi) is 4.85. The van der Waals surface area contributed by atoms with E-state index in [-0.39, 0.29) is 35.9 Å². The molecule has 1 fully saturated rings. The van der Waals surface area contributed by atoms with Crippen LogP contribution in [0.25, 0.3) is 22.1 Å². The molecule has 1 atom stereocenters. The van der Waals surface area contributed by atoms with Gasteiger partial charge >= 0.3 is 5.97 Å². The number of carbonyl (C=O) groups is 2. The van der Waals surface area contributed by atoms with Gasteiger partial charge < -0.3 is 14.4 Å². The Morgan fingerprint density at radius 3 is 2.93 bits per heavy atom. The van der Waals surface area contributed by atoms with Crippen molar-refractivity contribution in [1.29, 1.82) is 0 Å². The first kappa shape index (κ1) is 18.2. The highest BCUT2D eigenvalue weighted by atomic mass is 16.4. The number of carbonyl (C=O) groups excluding carboxylic acids is 1. The van der Waals surface area contributed by atoms with Crippen molar-refractivity contribution in [2.45, 2.75) is 32.2 Å². The fourth-order valence-corrected chi connectivity index (χ4v) is 3.83. The van der Waals surface area contributed by atoms with Crippen LogP contribution in [0.4, 0.5) is 0 Å². The summed E-state index contributed by atoms with van der Waals surface area (Å²) >= 11 is 0. The van der Waals surface area contributed by atoms with Crippen molar-refractivity contribution < 1.29 is 19.1 Å². The number of para-hydroxylation sites is 1. The van der Waals surface area contributed by atoms with Gasteiger partial charge in [0.15, 0.2) is 0 Å². The first-order valence-electron chi connectivity index (χ1n) is 9.39. The van der Waals surface area contributed by atoms with Crippen LogP contribution < -0.4 is 5.56 Å². The van der Waals surface area contributed by atoms with Crippen molar-refractivity contribution in [2.24, 2.45) is 5.92 Å². The number of piperidine rings is 1. The lowest BCUT2D eigenvalue weighted by molar-refractivity contribution is -0.137. The van der Waals surface area contributed by atoms with Gasteiger partial charge in [-0.15, -0.1) is 0 Å². The highest BCUT2D eigenvalue weighted by Crippen LogP contribution is 2.24. The normalized spacial score (nSPS) is 17.3. The van der Waals surface area contributed by atoms with Gasteiger partial charge in [0.2, 0.25) is 11.5 Å². The number of nitrogens with zero attached hydrogens (tertiary/aromatic N) is 3. The van der Waals surface area contributed by atoms with E-state index in [0.717, 1.165) is 18.2 Å². The summed E-state index contributed by atoms with van der Waals surface area (Å²) in [6, 6.07) is 7.29. The number of rotatable bonds is 5. The van der Waals surface area contributed by atoms with Gasteiger partial charge in [-0.2, -0.15) is 0 Å². The van der Waals surface area contributed by atoms with Crippen molar-refractivity contribution in [1.82, 2.24) is 14.5 Å². The van der Waals surface area contributed by atoms with Gasteiger partial charge in [-0.1, -0.05) is 12.1 Å². The molecule has 1 aliphatic heterocycles. The molecule has 1 aliphatic rings. The molecule has 8 heteroatoms. The van der Waals surface area contributed by atoms with Crippen LogP contribution in [0, 0.1) is 5.92 Å². The summed E-state index contributed by atoms with van der Waals surface area (Å²) in [6.07, 6.45) is 3.82. The molecule has 1 amide bonds. The lowest BCUT2D eigenvalue weighted by atomic mass is 9.93. The molecule has 1 saturated heterocycles. The number of aromatic nitrogens is 2. The van der Waals surface area contributed by atoms with Gasteiger partial charge in [0, 0.05) is 24.9 Å². The molecule has 146 valence electrons. The fourth-order valence-electron chi connectivity index (χ4n) is 3.83. The third-order valence-electron chi connectivity index (χ3n) is 5.29. The largest absolute Gasteiger partial charge is 0.481 e. The van der Waals surface area contributed by atoms with Gasteiger partial charge in [-0.3, -0.25) is 19.0 Å². The zero-order valence-corrected chi connectivity index (χ0v) is 15.3. The topological polar surface area (TPSA) is 106 Å². The number of carboxylic acids is 1. The SMILES string of the molecule is O=C(O)CCC1CCCN(C(=O)Cn2cnc3c(oc4ccccc43)c2=O)C1. The maximum absolute atomic E-state index is 12.8. The lowest BCUT2D eigenvalue weighted by Crippen LogP contribution is -2.42. The number of hydrogen-bond donors (Lipinski definition) is 1. The quantitative estimate of drug-likeness (QED) is 0.724. The first-order valence-corrected chi connectivity index (χ1v) is 9.39. The molecule has 0 bridgehead atoms. The summed E-state index contributed by atoms with van der Waals surface area (Å²) in [6.45, 7) is 1.04. The van der Waals surface area contributed by atoms with Gasteiger partial charge in [0.25, 0.3) is 5.56 Å². The van der Waals surface area contributed by atoms with E-state index in [9.17, 15) is 14.4 Å². The zero-order chi connectivity index (χ0) is 19.7. The number of amides is 1. The molecule has 1 N–H and O–H groups in total. The Balaban J connectivity index is 1.52. The maximum atomic E-state index is 12.8. The smallest absolute Gasteiger partial charge is 0.303 e. The Morgan fingerprint density at radius 1 is 1.29 bits per heavy atom. The third kappa shape index (κ3) is 3.49. The van der Waals surface area contributed by atoms with Crippen LogP contribution in [0.3, 0.4) is 0 Å². The molecular weight excluding hydrogens is 362 g/mol. The van der Waals surface area contributed by atoms with E-state index >= 15 is 0 Å². The molecule has 28 heavy (non-hydrogen) atoms. The number of likely N-dealkylation sites (tertiary alicyclic amines) is 1. The Morgan fingerprint density at radius 2 is 2.11 bits per heavy atom. The first-order chi connectivity index (χ1) is 13.5. The predicted molar refractivity (Wildman–Crippen MR) is 102 cm³/mol. The van der Waals surface area contributed by atoms with Crippen molar-refractivity contribution in [3.63, 3.8) is 0 Å². The number of fused-ring (bicyclic) bond motifs is 3. The molecule has 3 aromatic rings. The number of furan rings is 1. The van der Waals surface area contributed by atoms with Crippen LogP contribution in [0.15, 0.2) is 39.8 Å². The van der Waals surface area contributed by atoms with Crippen LogP contribution in [-0.2, 0) is 16.1 Å². The number of aliphatic carboxylic acids is 1. The molecule has 3 heterocycles. The van der Waals surface area contributed by atoms with Crippen molar-refractivity contribution >= 4 is 33.9 Å². The van der Waals surface area contributed by atoms with E-state index < -0.39 is 5.97 Å². The van der Waals surface area contributed by atoms with Crippen LogP contribution in [-0.4, -0.2) is 44.5 Å². The standard InChI is InChI=1S/C20H21N3O5/c24-16(22-9-3-4-13(10-22)7-8-17(25)26)11-23-12-21-18-14-5-1-2-6-15(14)28-19(18)20(23)27/h1-2,5-6,12-13H,3-4,7-11H2,(H,25,26). The van der Waals surface area contributed by atoms with Crippen LogP contribution in [0.1, 0.15) is 25.7 Å². The second-order valence-electron chi connectivity index (χ2n) is 7.23. The Bertz CT molecular complexity index is 1100. The second-order valence-corrected chi connectivity index (χ2v) is 7.23. The number of carboxylic acid groups (broad SMARTS) is 1. The van der Waals surface area contributed by atoms with Gasteiger partial charge in [0.1, 0.15) is 17.6 Å². The van der Waals surface area contributed by atoms with E-state index in [0.29, 0.717) is 30.6 Å². The second kappa shape index (κ2) is 7.46. The molecule has 0 spiro atoms. The molecule has 4 rings (SSSR count).